The molecule has 2 heterocycles. The second kappa shape index (κ2) is 6.04. The molecule has 0 unspecified atom stereocenters. The van der Waals surface area contributed by atoms with Crippen LogP contribution in [0.25, 0.3) is 10.9 Å². The number of hydrogen-bond acceptors (Lipinski definition) is 6. The summed E-state index contributed by atoms with van der Waals surface area (Å²) in [5.74, 6) is 0.338. The van der Waals surface area contributed by atoms with Crippen LogP contribution in [-0.4, -0.2) is 62.7 Å². The van der Waals surface area contributed by atoms with E-state index in [1.807, 2.05) is 0 Å². The molecule has 1 aromatic heterocycles. The summed E-state index contributed by atoms with van der Waals surface area (Å²) in [7, 11) is 0. The van der Waals surface area contributed by atoms with Crippen molar-refractivity contribution in [2.45, 2.75) is 30.7 Å². The number of aromatic nitrogens is 1. The Morgan fingerprint density at radius 3 is 2.68 bits per heavy atom. The number of nitrogens with one attached hydrogen (secondary N) is 1. The Balaban J connectivity index is 1.88. The molecule has 1 aliphatic rings. The van der Waals surface area contributed by atoms with Crippen LogP contribution in [0.15, 0.2) is 24.4 Å². The van der Waals surface area contributed by atoms with Crippen molar-refractivity contribution in [2.75, 3.05) is 6.61 Å². The highest BCUT2D eigenvalue weighted by atomic mass is 35.5. The van der Waals surface area contributed by atoms with Crippen molar-refractivity contribution < 1.29 is 29.9 Å². The lowest BCUT2D eigenvalue weighted by atomic mass is 9.99. The van der Waals surface area contributed by atoms with Crippen molar-refractivity contribution >= 4 is 22.5 Å². The predicted octanol–water partition coefficient (Wildman–Crippen LogP) is -0.000000000000000278. The molecule has 3 rings (SSSR count). The van der Waals surface area contributed by atoms with Gasteiger partial charge >= 0.3 is 0 Å². The van der Waals surface area contributed by atoms with Crippen molar-refractivity contribution in [3.05, 3.63) is 29.4 Å². The highest BCUT2D eigenvalue weighted by Gasteiger charge is 2.44. The lowest BCUT2D eigenvalue weighted by Crippen LogP contribution is -2.60. The van der Waals surface area contributed by atoms with Gasteiger partial charge in [-0.2, -0.15) is 0 Å². The number of rotatable bonds is 3. The monoisotopic (exact) mass is 329 g/mol. The number of H-pyrrole nitrogens is 1. The largest absolute Gasteiger partial charge is 0.460 e. The van der Waals surface area contributed by atoms with Gasteiger partial charge in [-0.15, -0.1) is 0 Å². The molecule has 2 aromatic rings. The summed E-state index contributed by atoms with van der Waals surface area (Å²) >= 11 is 6.13. The van der Waals surface area contributed by atoms with Gasteiger partial charge in [-0.3, -0.25) is 0 Å². The number of hydrogen-bond donors (Lipinski definition) is 5. The van der Waals surface area contributed by atoms with Gasteiger partial charge in [-0.05, 0) is 12.1 Å². The molecule has 1 aliphatic heterocycles. The first-order valence-corrected chi connectivity index (χ1v) is 7.13. The summed E-state index contributed by atoms with van der Waals surface area (Å²) in [4.78, 5) is 2.97. The molecule has 0 aliphatic carbocycles. The predicted molar refractivity (Wildman–Crippen MR) is 77.7 cm³/mol. The zero-order valence-electron chi connectivity index (χ0n) is 11.4. The molecule has 1 fully saturated rings. The minimum atomic E-state index is -1.49. The van der Waals surface area contributed by atoms with Gasteiger partial charge in [-0.25, -0.2) is 0 Å². The zero-order chi connectivity index (χ0) is 15.9. The van der Waals surface area contributed by atoms with Crippen molar-refractivity contribution in [3.8, 4) is 5.75 Å². The molecule has 0 amide bonds. The minimum Gasteiger partial charge on any atom is -0.460 e. The molecule has 5 N–H and O–H groups in total. The Kier molecular flexibility index (Phi) is 4.26. The fraction of sp³-hybridized carbons (Fsp3) is 0.429. The zero-order valence-corrected chi connectivity index (χ0v) is 12.1. The molecule has 8 heteroatoms. The molecule has 0 spiro atoms. The highest BCUT2D eigenvalue weighted by Crippen LogP contribution is 2.34. The molecule has 120 valence electrons. The Labute approximate surface area is 130 Å². The molecule has 5 atom stereocenters. The summed E-state index contributed by atoms with van der Waals surface area (Å²) < 4.78 is 10.9. The summed E-state index contributed by atoms with van der Waals surface area (Å²) in [6.45, 7) is -0.514. The first kappa shape index (κ1) is 15.5. The lowest BCUT2D eigenvalue weighted by molar-refractivity contribution is -0.277. The van der Waals surface area contributed by atoms with Crippen molar-refractivity contribution in [1.29, 1.82) is 0 Å². The molecular formula is C14H16ClNO6. The third-order valence-electron chi connectivity index (χ3n) is 3.71. The standard InChI is InChI=1S/C14H16ClNO6/c15-6-2-1-3-7-10(6)8(4-16-7)21-14-13(20)12(19)11(18)9(5-17)22-14/h1-4,9,11-14,16-20H,5H2/t9-,11+,12+,13-,14+/m1/s1. The van der Waals surface area contributed by atoms with E-state index in [1.54, 1.807) is 24.4 Å². The van der Waals surface area contributed by atoms with E-state index < -0.39 is 37.3 Å². The van der Waals surface area contributed by atoms with Crippen molar-refractivity contribution in [2.24, 2.45) is 0 Å². The third-order valence-corrected chi connectivity index (χ3v) is 4.03. The van der Waals surface area contributed by atoms with E-state index in [0.29, 0.717) is 16.2 Å². The Morgan fingerprint density at radius 2 is 1.95 bits per heavy atom. The molecule has 7 nitrogen and oxygen atoms in total. The number of fused-ring (bicyclic) bond motifs is 1. The summed E-state index contributed by atoms with van der Waals surface area (Å²) in [5, 5.41) is 39.7. The fourth-order valence-electron chi connectivity index (χ4n) is 2.49. The maximum absolute atomic E-state index is 9.98. The van der Waals surface area contributed by atoms with Crippen LogP contribution in [0, 0.1) is 0 Å². The van der Waals surface area contributed by atoms with E-state index in [-0.39, 0.29) is 0 Å². The normalized spacial score (nSPS) is 32.3. The third kappa shape index (κ3) is 2.56. The average molecular weight is 330 g/mol. The van der Waals surface area contributed by atoms with Crippen LogP contribution in [0.4, 0.5) is 0 Å². The first-order valence-electron chi connectivity index (χ1n) is 6.75. The summed E-state index contributed by atoms with van der Waals surface area (Å²) in [6, 6.07) is 5.28. The molecule has 0 bridgehead atoms. The number of aliphatic hydroxyl groups is 4. The van der Waals surface area contributed by atoms with Gasteiger partial charge in [0.2, 0.25) is 6.29 Å². The van der Waals surface area contributed by atoms with E-state index in [1.165, 1.54) is 0 Å². The topological polar surface area (TPSA) is 115 Å². The number of halogens is 1. The fourth-order valence-corrected chi connectivity index (χ4v) is 2.76. The van der Waals surface area contributed by atoms with Crippen LogP contribution >= 0.6 is 11.6 Å². The van der Waals surface area contributed by atoms with Crippen LogP contribution in [0.1, 0.15) is 0 Å². The molecule has 0 radical (unpaired) electrons. The summed E-state index contributed by atoms with van der Waals surface area (Å²) in [5.41, 5.74) is 0.743. The van der Waals surface area contributed by atoms with Gasteiger partial charge in [0, 0.05) is 6.20 Å². The van der Waals surface area contributed by atoms with Gasteiger partial charge < -0.3 is 34.9 Å². The molecule has 22 heavy (non-hydrogen) atoms. The number of aliphatic hydroxyl groups excluding tert-OH is 4. The minimum absolute atomic E-state index is 0.338. The van der Waals surface area contributed by atoms with Gasteiger partial charge in [0.1, 0.15) is 30.2 Å². The van der Waals surface area contributed by atoms with Gasteiger partial charge in [-0.1, -0.05) is 17.7 Å². The smallest absolute Gasteiger partial charge is 0.229 e. The maximum atomic E-state index is 9.98. The van der Waals surface area contributed by atoms with Crippen LogP contribution < -0.4 is 4.74 Å². The van der Waals surface area contributed by atoms with Crippen LogP contribution in [-0.2, 0) is 4.74 Å². The quantitative estimate of drug-likeness (QED) is 0.541. The number of ether oxygens (including phenoxy) is 2. The van der Waals surface area contributed by atoms with E-state index in [2.05, 4.69) is 4.98 Å². The van der Waals surface area contributed by atoms with Gasteiger partial charge in [0.15, 0.2) is 0 Å². The second-order valence-electron chi connectivity index (χ2n) is 5.13. The highest BCUT2D eigenvalue weighted by molar-refractivity contribution is 6.36. The SMILES string of the molecule is OC[C@H]1O[C@H](Oc2c[nH]c3cccc(Cl)c23)[C@H](O)[C@@H](O)[C@H]1O. The lowest BCUT2D eigenvalue weighted by Gasteiger charge is -2.39. The molecule has 0 saturated carbocycles. The van der Waals surface area contributed by atoms with Crippen molar-refractivity contribution in [1.82, 2.24) is 4.98 Å². The summed E-state index contributed by atoms with van der Waals surface area (Å²) in [6.07, 6.45) is -5.10. The molecular weight excluding hydrogens is 314 g/mol. The second-order valence-corrected chi connectivity index (χ2v) is 5.54. The number of benzene rings is 1. The van der Waals surface area contributed by atoms with Gasteiger partial charge in [0.25, 0.3) is 0 Å². The Bertz CT molecular complexity index is 660. The van der Waals surface area contributed by atoms with E-state index in [0.717, 1.165) is 5.52 Å². The van der Waals surface area contributed by atoms with Crippen LogP contribution in [0.3, 0.4) is 0 Å². The average Bonchev–Trinajstić information content (AvgIpc) is 2.92. The first-order chi connectivity index (χ1) is 10.5. The van der Waals surface area contributed by atoms with Crippen molar-refractivity contribution in [3.63, 3.8) is 0 Å². The Hall–Kier alpha value is -1.35. The van der Waals surface area contributed by atoms with Crippen LogP contribution in [0.5, 0.6) is 5.75 Å². The van der Waals surface area contributed by atoms with E-state index in [9.17, 15) is 15.3 Å². The molecule has 1 saturated heterocycles. The van der Waals surface area contributed by atoms with E-state index in [4.69, 9.17) is 26.2 Å². The molecule has 1 aromatic carbocycles. The van der Waals surface area contributed by atoms with Gasteiger partial charge in [0.05, 0.1) is 22.5 Å². The Morgan fingerprint density at radius 1 is 1.18 bits per heavy atom. The van der Waals surface area contributed by atoms with E-state index >= 15 is 0 Å². The number of aromatic amines is 1. The maximum Gasteiger partial charge on any atom is 0.229 e. The van der Waals surface area contributed by atoms with Crippen LogP contribution in [0.2, 0.25) is 5.02 Å².